The molecule has 21 heavy (non-hydrogen) atoms. The molecule has 0 unspecified atom stereocenters. The van der Waals surface area contributed by atoms with Crippen molar-refractivity contribution in [1.82, 2.24) is 14.7 Å². The highest BCUT2D eigenvalue weighted by molar-refractivity contribution is 7.80. The summed E-state index contributed by atoms with van der Waals surface area (Å²) < 4.78 is 13.6. The van der Waals surface area contributed by atoms with Gasteiger partial charge < -0.3 is 15.1 Å². The summed E-state index contributed by atoms with van der Waals surface area (Å²) in [4.78, 5) is 6.73. The molecule has 6 heteroatoms. The number of anilines is 1. The molecule has 1 aliphatic heterocycles. The maximum absolute atomic E-state index is 13.6. The number of nitrogens with one attached hydrogen (secondary N) is 1. The molecule has 116 valence electrons. The topological polar surface area (TPSA) is 21.8 Å². The van der Waals surface area contributed by atoms with Gasteiger partial charge in [0.15, 0.2) is 5.11 Å². The summed E-state index contributed by atoms with van der Waals surface area (Å²) >= 11 is 5.38. The molecule has 1 N–H and O–H groups in total. The van der Waals surface area contributed by atoms with Gasteiger partial charge in [0.25, 0.3) is 0 Å². The van der Waals surface area contributed by atoms with Crippen LogP contribution in [0.25, 0.3) is 0 Å². The number of hydrogen-bond donors (Lipinski definition) is 1. The van der Waals surface area contributed by atoms with Gasteiger partial charge >= 0.3 is 0 Å². The quantitative estimate of drug-likeness (QED) is 0.852. The van der Waals surface area contributed by atoms with E-state index >= 15 is 0 Å². The summed E-state index contributed by atoms with van der Waals surface area (Å²) in [7, 11) is 4.17. The van der Waals surface area contributed by atoms with E-state index in [4.69, 9.17) is 12.2 Å². The van der Waals surface area contributed by atoms with Crippen LogP contribution in [0.2, 0.25) is 0 Å². The monoisotopic (exact) mass is 310 g/mol. The maximum Gasteiger partial charge on any atom is 0.173 e. The first kappa shape index (κ1) is 16.1. The molecular weight excluding hydrogens is 287 g/mol. The molecule has 0 amide bonds. The minimum atomic E-state index is -0.274. The van der Waals surface area contributed by atoms with E-state index in [-0.39, 0.29) is 5.82 Å². The molecule has 1 aromatic rings. The number of para-hydroxylation sites is 1. The zero-order valence-corrected chi connectivity index (χ0v) is 13.5. The van der Waals surface area contributed by atoms with Crippen LogP contribution in [0.5, 0.6) is 0 Å². The molecular formula is C15H23FN4S. The molecule has 1 saturated heterocycles. The number of nitrogens with zero attached hydrogens (tertiary/aromatic N) is 3. The van der Waals surface area contributed by atoms with Crippen LogP contribution in [-0.2, 0) is 0 Å². The minimum Gasteiger partial charge on any atom is -0.346 e. The van der Waals surface area contributed by atoms with E-state index in [1.165, 1.54) is 6.07 Å². The average molecular weight is 310 g/mol. The lowest BCUT2D eigenvalue weighted by atomic mass is 10.3. The fraction of sp³-hybridized carbons (Fsp3) is 0.533. The molecule has 1 heterocycles. The van der Waals surface area contributed by atoms with Gasteiger partial charge in [-0.3, -0.25) is 4.90 Å². The van der Waals surface area contributed by atoms with Crippen LogP contribution in [-0.4, -0.2) is 73.2 Å². The zero-order chi connectivity index (χ0) is 15.2. The average Bonchev–Trinajstić information content (AvgIpc) is 2.48. The van der Waals surface area contributed by atoms with Crippen LogP contribution in [0.1, 0.15) is 0 Å². The summed E-state index contributed by atoms with van der Waals surface area (Å²) in [5.74, 6) is -0.274. The van der Waals surface area contributed by atoms with E-state index in [0.29, 0.717) is 10.8 Å². The van der Waals surface area contributed by atoms with Crippen molar-refractivity contribution < 1.29 is 4.39 Å². The standard InChI is InChI=1S/C15H23FN4S/c1-18(2)7-8-19-9-11-20(12-10-19)15(21)17-14-6-4-3-5-13(14)16/h3-6H,7-12H2,1-2H3,(H,17,21). The van der Waals surface area contributed by atoms with Crippen LogP contribution >= 0.6 is 12.2 Å². The van der Waals surface area contributed by atoms with Gasteiger partial charge in [-0.2, -0.15) is 0 Å². The van der Waals surface area contributed by atoms with Crippen LogP contribution in [0.3, 0.4) is 0 Å². The largest absolute Gasteiger partial charge is 0.346 e. The number of rotatable bonds is 4. The second-order valence-corrected chi connectivity index (χ2v) is 5.93. The number of benzene rings is 1. The van der Waals surface area contributed by atoms with E-state index in [1.54, 1.807) is 18.2 Å². The molecule has 0 aliphatic carbocycles. The summed E-state index contributed by atoms with van der Waals surface area (Å²) in [6.45, 7) is 5.90. The van der Waals surface area contributed by atoms with Crippen molar-refractivity contribution in [2.24, 2.45) is 0 Å². The molecule has 0 atom stereocenters. The van der Waals surface area contributed by atoms with Crippen molar-refractivity contribution >= 4 is 23.0 Å². The lowest BCUT2D eigenvalue weighted by Crippen LogP contribution is -2.51. The Morgan fingerprint density at radius 3 is 2.52 bits per heavy atom. The van der Waals surface area contributed by atoms with Gasteiger partial charge in [0.05, 0.1) is 5.69 Å². The highest BCUT2D eigenvalue weighted by Gasteiger charge is 2.19. The van der Waals surface area contributed by atoms with Gasteiger partial charge in [-0.25, -0.2) is 4.39 Å². The fourth-order valence-electron chi connectivity index (χ4n) is 2.27. The molecule has 0 bridgehead atoms. The number of halogens is 1. The molecule has 0 aromatic heterocycles. The highest BCUT2D eigenvalue weighted by Crippen LogP contribution is 2.14. The number of likely N-dealkylation sites (N-methyl/N-ethyl adjacent to an activating group) is 1. The third-order valence-corrected chi connectivity index (χ3v) is 4.00. The summed E-state index contributed by atoms with van der Waals surface area (Å²) in [6, 6.07) is 6.61. The summed E-state index contributed by atoms with van der Waals surface area (Å²) in [5.41, 5.74) is 0.442. The van der Waals surface area contributed by atoms with Crippen LogP contribution < -0.4 is 5.32 Å². The Labute approximate surface area is 131 Å². The second-order valence-electron chi connectivity index (χ2n) is 5.54. The smallest absolute Gasteiger partial charge is 0.173 e. The third-order valence-electron chi connectivity index (χ3n) is 3.64. The van der Waals surface area contributed by atoms with Gasteiger partial charge in [-0.05, 0) is 38.4 Å². The number of hydrogen-bond acceptors (Lipinski definition) is 3. The Morgan fingerprint density at radius 2 is 1.90 bits per heavy atom. The summed E-state index contributed by atoms with van der Waals surface area (Å²) in [6.07, 6.45) is 0. The van der Waals surface area contributed by atoms with Crippen LogP contribution in [0, 0.1) is 5.82 Å². The number of piperazine rings is 1. The van der Waals surface area contributed by atoms with Gasteiger partial charge in [0, 0.05) is 39.3 Å². The second kappa shape index (κ2) is 7.68. The first-order chi connectivity index (χ1) is 10.1. The molecule has 0 spiro atoms. The molecule has 1 aromatic carbocycles. The van der Waals surface area contributed by atoms with E-state index < -0.39 is 0 Å². The SMILES string of the molecule is CN(C)CCN1CCN(C(=S)Nc2ccccc2F)CC1. The summed E-state index contributed by atoms with van der Waals surface area (Å²) in [5, 5.41) is 3.60. The van der Waals surface area contributed by atoms with Crippen molar-refractivity contribution in [2.75, 3.05) is 58.7 Å². The van der Waals surface area contributed by atoms with Gasteiger partial charge in [0.2, 0.25) is 0 Å². The predicted molar refractivity (Wildman–Crippen MR) is 89.2 cm³/mol. The predicted octanol–water partition coefficient (Wildman–Crippen LogP) is 1.70. The van der Waals surface area contributed by atoms with Crippen molar-refractivity contribution in [3.63, 3.8) is 0 Å². The Balaban J connectivity index is 1.79. The van der Waals surface area contributed by atoms with Crippen LogP contribution in [0.4, 0.5) is 10.1 Å². The zero-order valence-electron chi connectivity index (χ0n) is 12.7. The van der Waals surface area contributed by atoms with E-state index in [1.807, 2.05) is 0 Å². The normalized spacial score (nSPS) is 16.3. The van der Waals surface area contributed by atoms with E-state index in [2.05, 4.69) is 34.1 Å². The van der Waals surface area contributed by atoms with Gasteiger partial charge in [0.1, 0.15) is 5.82 Å². The number of thiocarbonyl (C=S) groups is 1. The molecule has 1 fully saturated rings. The third kappa shape index (κ3) is 4.91. The van der Waals surface area contributed by atoms with Gasteiger partial charge in [-0.1, -0.05) is 12.1 Å². The lowest BCUT2D eigenvalue weighted by molar-refractivity contribution is 0.170. The molecule has 1 aliphatic rings. The first-order valence-corrected chi connectivity index (χ1v) is 7.64. The molecule has 0 saturated carbocycles. The van der Waals surface area contributed by atoms with E-state index in [0.717, 1.165) is 39.3 Å². The van der Waals surface area contributed by atoms with Crippen LogP contribution in [0.15, 0.2) is 24.3 Å². The van der Waals surface area contributed by atoms with Crippen molar-refractivity contribution in [1.29, 1.82) is 0 Å². The van der Waals surface area contributed by atoms with Crippen molar-refractivity contribution in [2.45, 2.75) is 0 Å². The van der Waals surface area contributed by atoms with Crippen molar-refractivity contribution in [3.8, 4) is 0 Å². The highest BCUT2D eigenvalue weighted by atomic mass is 32.1. The van der Waals surface area contributed by atoms with E-state index in [9.17, 15) is 4.39 Å². The first-order valence-electron chi connectivity index (χ1n) is 7.24. The maximum atomic E-state index is 13.6. The molecule has 4 nitrogen and oxygen atoms in total. The molecule has 2 rings (SSSR count). The Morgan fingerprint density at radius 1 is 1.24 bits per heavy atom. The fourth-order valence-corrected chi connectivity index (χ4v) is 2.57. The van der Waals surface area contributed by atoms with Gasteiger partial charge in [-0.15, -0.1) is 0 Å². The lowest BCUT2D eigenvalue weighted by Gasteiger charge is -2.36. The Kier molecular flexibility index (Phi) is 5.90. The van der Waals surface area contributed by atoms with Crippen molar-refractivity contribution in [3.05, 3.63) is 30.1 Å². The Bertz CT molecular complexity index is 472. The molecule has 0 radical (unpaired) electrons. The minimum absolute atomic E-state index is 0.274. The Hall–Kier alpha value is -1.24.